The molecule has 0 saturated carbocycles. The summed E-state index contributed by atoms with van der Waals surface area (Å²) in [5.41, 5.74) is 8.53. The Bertz CT molecular complexity index is 812. The number of nitrogens with zero attached hydrogens (tertiary/aromatic N) is 4. The number of nitrogens with two attached hydrogens (primary N) is 2. The number of hydrogen-bond donors (Lipinski definition) is 2. The van der Waals surface area contributed by atoms with E-state index < -0.39 is 10.2 Å². The third-order valence-corrected chi connectivity index (χ3v) is 2.77. The summed E-state index contributed by atoms with van der Waals surface area (Å²) >= 11 is 0. The van der Waals surface area contributed by atoms with Crippen molar-refractivity contribution in [1.29, 1.82) is 0 Å². The van der Waals surface area contributed by atoms with E-state index in [1.54, 1.807) is 4.52 Å². The second-order valence-electron chi connectivity index (χ2n) is 4.47. The minimum atomic E-state index is -4.94. The highest BCUT2D eigenvalue weighted by Gasteiger charge is 2.19. The summed E-state index contributed by atoms with van der Waals surface area (Å²) in [6.07, 6.45) is 0. The predicted octanol–water partition coefficient (Wildman–Crippen LogP) is -4.47. The molecule has 0 atom stereocenters. The topological polar surface area (TPSA) is 178 Å². The fourth-order valence-electron chi connectivity index (χ4n) is 1.93. The van der Waals surface area contributed by atoms with Crippen LogP contribution in [-0.4, -0.2) is 14.6 Å². The molecule has 122 valence electrons. The van der Waals surface area contributed by atoms with Crippen LogP contribution in [0.4, 0.5) is 5.95 Å². The van der Waals surface area contributed by atoms with Crippen LogP contribution < -0.4 is 34.9 Å². The van der Waals surface area contributed by atoms with E-state index in [4.69, 9.17) is 30.2 Å². The number of fused-ring (bicyclic) bond motifs is 1. The molecule has 0 aliphatic heterocycles. The molecule has 0 radical (unpaired) electrons. The molecule has 11 heteroatoms. The van der Waals surface area contributed by atoms with Gasteiger partial charge < -0.3 is 11.6 Å². The van der Waals surface area contributed by atoms with Gasteiger partial charge >= 0.3 is 11.7 Å². The Morgan fingerprint density at radius 3 is 2.26 bits per heavy atom. The van der Waals surface area contributed by atoms with Crippen molar-refractivity contribution in [2.75, 3.05) is 11.6 Å². The summed E-state index contributed by atoms with van der Waals surface area (Å²) in [6, 6.07) is 11.9. The van der Waals surface area contributed by atoms with Crippen LogP contribution in [0.25, 0.3) is 17.0 Å². The highest BCUT2D eigenvalue weighted by Crippen LogP contribution is 2.19. The van der Waals surface area contributed by atoms with Crippen molar-refractivity contribution >= 4 is 11.7 Å². The minimum absolute atomic E-state index is 0.227. The maximum atomic E-state index is 8.49. The molecule has 23 heavy (non-hydrogen) atoms. The van der Waals surface area contributed by atoms with E-state index in [2.05, 4.69) is 10.1 Å². The summed E-state index contributed by atoms with van der Waals surface area (Å²) in [4.78, 5) is 4.34. The molecule has 0 fully saturated rings. The molecule has 0 aliphatic rings. The number of anilines is 1. The van der Waals surface area contributed by atoms with Gasteiger partial charge in [0.2, 0.25) is 0 Å². The van der Waals surface area contributed by atoms with Gasteiger partial charge in [-0.1, -0.05) is 34.8 Å². The van der Waals surface area contributed by atoms with Gasteiger partial charge in [-0.25, -0.2) is 18.6 Å². The molecule has 0 saturated heterocycles. The van der Waals surface area contributed by atoms with Crippen molar-refractivity contribution in [2.24, 2.45) is 0 Å². The van der Waals surface area contributed by atoms with Crippen LogP contribution >= 0.6 is 0 Å². The first-order valence-corrected chi connectivity index (χ1v) is 7.40. The van der Waals surface area contributed by atoms with Gasteiger partial charge in [-0.3, -0.25) is 0 Å². The summed E-state index contributed by atoms with van der Waals surface area (Å²) in [5.74, 6) is 6.55. The van der Waals surface area contributed by atoms with Gasteiger partial charge in [0.15, 0.2) is 0 Å². The van der Waals surface area contributed by atoms with Gasteiger partial charge in [0.1, 0.15) is 5.69 Å². The Labute approximate surface area is 132 Å². The second-order valence-corrected chi connectivity index (χ2v) is 5.22. The average molecular weight is 341 g/mol. The smallest absolute Gasteiger partial charge is 0.316 e. The van der Waals surface area contributed by atoms with Crippen LogP contribution in [0.3, 0.4) is 0 Å². The number of benzene rings is 1. The van der Waals surface area contributed by atoms with Crippen molar-refractivity contribution in [3.05, 3.63) is 42.1 Å². The fraction of sp³-hybridized carbons (Fsp3) is 0.0833. The van der Waals surface area contributed by atoms with Gasteiger partial charge in [-0.05, 0) is 6.92 Å². The van der Waals surface area contributed by atoms with Crippen LogP contribution in [-0.2, 0) is 0 Å². The number of aryl methyl sites for hydroxylation is 1. The number of aromatic nitrogens is 4. The van der Waals surface area contributed by atoms with Crippen LogP contribution in [0.15, 0.2) is 36.4 Å². The maximum Gasteiger partial charge on any atom is 0.380 e. The van der Waals surface area contributed by atoms with Gasteiger partial charge in [0.05, 0.1) is 5.69 Å². The maximum absolute atomic E-state index is 8.49. The van der Waals surface area contributed by atoms with E-state index in [9.17, 15) is 0 Å². The van der Waals surface area contributed by atoms with Gasteiger partial charge in [-0.15, -0.1) is 19.9 Å². The molecule has 1 aromatic carbocycles. The molecule has 2 heterocycles. The molecular formula is C12H13ClN6O4. The van der Waals surface area contributed by atoms with Gasteiger partial charge in [0, 0.05) is 16.7 Å². The first kappa shape index (κ1) is 16.9. The molecule has 4 N–H and O–H groups in total. The zero-order chi connectivity index (χ0) is 17.2. The predicted molar refractivity (Wildman–Crippen MR) is 67.9 cm³/mol. The molecule has 0 amide bonds. The molecule has 0 spiro atoms. The van der Waals surface area contributed by atoms with Gasteiger partial charge in [0.25, 0.3) is 0 Å². The lowest BCUT2D eigenvalue weighted by molar-refractivity contribution is -2.00. The Kier molecular flexibility index (Phi) is 4.63. The number of nitrogen functional groups attached to an aromatic ring is 2. The Morgan fingerprint density at radius 1 is 1.13 bits per heavy atom. The molecule has 0 aliphatic carbocycles. The Morgan fingerprint density at radius 2 is 1.70 bits per heavy atom. The van der Waals surface area contributed by atoms with Crippen molar-refractivity contribution in [3.8, 4) is 11.3 Å². The monoisotopic (exact) mass is 340 g/mol. The average Bonchev–Trinajstić information content (AvgIpc) is 2.73. The molecular weight excluding hydrogens is 328 g/mol. The number of hydrogen-bond acceptors (Lipinski definition) is 8. The van der Waals surface area contributed by atoms with Crippen LogP contribution in [0.2, 0.25) is 0 Å². The quantitative estimate of drug-likeness (QED) is 0.328. The van der Waals surface area contributed by atoms with Crippen LogP contribution in [0.1, 0.15) is 5.69 Å². The lowest BCUT2D eigenvalue weighted by Gasteiger charge is -2.17. The SMILES string of the molecule is Cc1cc(-c2ccccc2)n2nc(N)[n+](N)c2n1.[O-][Cl+3]([O-])([O-])[O-]. The van der Waals surface area contributed by atoms with Crippen LogP contribution in [0, 0.1) is 17.2 Å². The zero-order valence-corrected chi connectivity index (χ0v) is 12.7. The molecule has 0 unspecified atom stereocenters. The third-order valence-electron chi connectivity index (χ3n) is 2.77. The van der Waals surface area contributed by atoms with E-state index in [1.807, 2.05) is 43.3 Å². The lowest BCUT2D eigenvalue weighted by atomic mass is 10.1. The zero-order valence-electron chi connectivity index (χ0n) is 11.9. The first-order chi connectivity index (χ1) is 10.7. The van der Waals surface area contributed by atoms with E-state index in [0.717, 1.165) is 17.0 Å². The van der Waals surface area contributed by atoms with Crippen molar-refractivity contribution in [2.45, 2.75) is 6.92 Å². The van der Waals surface area contributed by atoms with E-state index in [-0.39, 0.29) is 5.95 Å². The second kappa shape index (κ2) is 6.32. The summed E-state index contributed by atoms with van der Waals surface area (Å²) in [6.45, 7) is 1.91. The highest BCUT2D eigenvalue weighted by atomic mass is 35.7. The molecule has 0 bridgehead atoms. The molecule has 3 aromatic rings. The number of rotatable bonds is 1. The first-order valence-electron chi connectivity index (χ1n) is 6.17. The van der Waals surface area contributed by atoms with Crippen molar-refractivity contribution < 1.29 is 33.6 Å². The standard InChI is InChI=1S/C12H13N6.ClHO4/c1-8-7-10(9-5-3-2-4-6-9)18-12(15-8)17(14)11(13)16-18;2-1(3,4)5/h2-7H,14H2,1H3,(H2,13,16);(H,2,3,4,5)/q+1;/p-1. The minimum Gasteiger partial charge on any atom is -0.316 e. The van der Waals surface area contributed by atoms with Crippen molar-refractivity contribution in [1.82, 2.24) is 14.6 Å². The normalized spacial score (nSPS) is 11.2. The van der Waals surface area contributed by atoms with E-state index >= 15 is 0 Å². The number of halogens is 1. The Balaban J connectivity index is 0.000000338. The molecule has 10 nitrogen and oxygen atoms in total. The lowest BCUT2D eigenvalue weighted by Crippen LogP contribution is -2.68. The summed E-state index contributed by atoms with van der Waals surface area (Å²) in [7, 11) is -4.94. The van der Waals surface area contributed by atoms with Crippen molar-refractivity contribution in [3.63, 3.8) is 0 Å². The third kappa shape index (κ3) is 4.25. The highest BCUT2D eigenvalue weighted by molar-refractivity contribution is 5.61. The Hall–Kier alpha value is -2.50. The largest absolute Gasteiger partial charge is 0.380 e. The van der Waals surface area contributed by atoms with Crippen LogP contribution in [0.5, 0.6) is 0 Å². The van der Waals surface area contributed by atoms with Gasteiger partial charge in [-0.2, -0.15) is 0 Å². The van der Waals surface area contributed by atoms with E-state index in [0.29, 0.717) is 5.78 Å². The molecule has 3 rings (SSSR count). The summed E-state index contributed by atoms with van der Waals surface area (Å²) < 4.78 is 36.9. The van der Waals surface area contributed by atoms with E-state index in [1.165, 1.54) is 4.68 Å². The fourth-order valence-corrected chi connectivity index (χ4v) is 1.93. The summed E-state index contributed by atoms with van der Waals surface area (Å²) in [5, 5.41) is 4.20. The molecule has 2 aromatic heterocycles.